The lowest BCUT2D eigenvalue weighted by atomic mass is 10.2. The molecule has 0 aliphatic rings. The van der Waals surface area contributed by atoms with E-state index in [2.05, 4.69) is 10.1 Å². The van der Waals surface area contributed by atoms with Gasteiger partial charge < -0.3 is 15.0 Å². The summed E-state index contributed by atoms with van der Waals surface area (Å²) in [5.74, 6) is -1.35. The van der Waals surface area contributed by atoms with Gasteiger partial charge in [0.15, 0.2) is 24.0 Å². The van der Waals surface area contributed by atoms with Gasteiger partial charge in [0.25, 0.3) is 0 Å². The molecule has 1 aromatic carbocycles. The quantitative estimate of drug-likeness (QED) is 0.880. The molecule has 0 fully saturated rings. The summed E-state index contributed by atoms with van der Waals surface area (Å²) in [6, 6.07) is 2.27. The number of aryl methyl sites for hydroxylation is 1. The Morgan fingerprint density at radius 2 is 2.00 bits per heavy atom. The third-order valence-electron chi connectivity index (χ3n) is 2.61. The van der Waals surface area contributed by atoms with Crippen molar-refractivity contribution < 1.29 is 18.0 Å². The largest absolute Gasteiger partial charge is 0.479 e. The highest BCUT2D eigenvalue weighted by molar-refractivity contribution is 5.31. The van der Waals surface area contributed by atoms with Crippen LogP contribution < -0.4 is 10.5 Å². The van der Waals surface area contributed by atoms with Gasteiger partial charge in [0.2, 0.25) is 11.7 Å². The molecule has 0 unspecified atom stereocenters. The number of ether oxygens (including phenoxy) is 1. The summed E-state index contributed by atoms with van der Waals surface area (Å²) in [5, 5.41) is 3.67. The van der Waals surface area contributed by atoms with Crippen molar-refractivity contribution in [1.82, 2.24) is 10.1 Å². The molecule has 0 saturated carbocycles. The van der Waals surface area contributed by atoms with Gasteiger partial charge in [0, 0.05) is 13.0 Å². The number of nitrogens with zero attached hydrogens (tertiary/aromatic N) is 2. The number of nitrogens with two attached hydrogens (primary N) is 1. The molecule has 0 spiro atoms. The fourth-order valence-electron chi connectivity index (χ4n) is 1.67. The molecule has 1 aromatic heterocycles. The zero-order valence-electron chi connectivity index (χ0n) is 11.0. The van der Waals surface area contributed by atoms with E-state index in [-0.39, 0.29) is 19.0 Å². The molecule has 0 aliphatic carbocycles. The first-order valence-electron chi connectivity index (χ1n) is 6.26. The van der Waals surface area contributed by atoms with Crippen molar-refractivity contribution in [3.8, 4) is 5.75 Å². The van der Waals surface area contributed by atoms with Gasteiger partial charge in [0.1, 0.15) is 0 Å². The number of aromatic nitrogens is 2. The zero-order valence-corrected chi connectivity index (χ0v) is 11.0. The normalized spacial score (nSPS) is 10.8. The van der Waals surface area contributed by atoms with E-state index in [1.54, 1.807) is 0 Å². The molecule has 0 amide bonds. The average Bonchev–Trinajstić information content (AvgIpc) is 2.85. The van der Waals surface area contributed by atoms with E-state index in [0.29, 0.717) is 17.9 Å². The lowest BCUT2D eigenvalue weighted by Gasteiger charge is -2.07. The number of hydrogen-bond donors (Lipinski definition) is 1. The molecule has 0 atom stereocenters. The Morgan fingerprint density at radius 3 is 2.60 bits per heavy atom. The Bertz CT molecular complexity index is 564. The third-order valence-corrected chi connectivity index (χ3v) is 2.61. The van der Waals surface area contributed by atoms with Gasteiger partial charge in [-0.3, -0.25) is 0 Å². The standard InChI is InChI=1S/C13H15F2N3O2/c1-2-3-12-17-11(18-20-12)7-19-13-9(14)4-8(6-16)5-10(13)15/h4-5H,2-3,6-7,16H2,1H3. The van der Waals surface area contributed by atoms with Gasteiger partial charge in [-0.05, 0) is 24.1 Å². The number of benzene rings is 1. The molecule has 20 heavy (non-hydrogen) atoms. The smallest absolute Gasteiger partial charge is 0.226 e. The number of halogens is 2. The third kappa shape index (κ3) is 3.30. The van der Waals surface area contributed by atoms with Gasteiger partial charge in [-0.1, -0.05) is 12.1 Å². The molecule has 7 heteroatoms. The lowest BCUT2D eigenvalue weighted by Crippen LogP contribution is -2.04. The first-order valence-corrected chi connectivity index (χ1v) is 6.26. The van der Waals surface area contributed by atoms with Crippen molar-refractivity contribution in [2.75, 3.05) is 0 Å². The van der Waals surface area contributed by atoms with Crippen LogP contribution in [0.4, 0.5) is 8.78 Å². The minimum absolute atomic E-state index is 0.0549. The van der Waals surface area contributed by atoms with E-state index < -0.39 is 17.4 Å². The second-order valence-corrected chi connectivity index (χ2v) is 4.24. The van der Waals surface area contributed by atoms with Crippen molar-refractivity contribution in [3.63, 3.8) is 0 Å². The van der Waals surface area contributed by atoms with Crippen LogP contribution >= 0.6 is 0 Å². The Labute approximate surface area is 114 Å². The van der Waals surface area contributed by atoms with E-state index >= 15 is 0 Å². The highest BCUT2D eigenvalue weighted by Gasteiger charge is 2.14. The lowest BCUT2D eigenvalue weighted by molar-refractivity contribution is 0.259. The maximum atomic E-state index is 13.6. The van der Waals surface area contributed by atoms with Crippen molar-refractivity contribution in [3.05, 3.63) is 41.0 Å². The van der Waals surface area contributed by atoms with Gasteiger partial charge in [-0.15, -0.1) is 0 Å². The summed E-state index contributed by atoms with van der Waals surface area (Å²) in [4.78, 5) is 4.04. The van der Waals surface area contributed by atoms with Crippen LogP contribution in [0.5, 0.6) is 5.75 Å². The fourth-order valence-corrected chi connectivity index (χ4v) is 1.67. The summed E-state index contributed by atoms with van der Waals surface area (Å²) in [6.07, 6.45) is 1.52. The van der Waals surface area contributed by atoms with Gasteiger partial charge in [-0.2, -0.15) is 4.98 Å². The topological polar surface area (TPSA) is 74.2 Å². The minimum Gasteiger partial charge on any atom is -0.479 e. The first kappa shape index (κ1) is 14.4. The monoisotopic (exact) mass is 283 g/mol. The molecule has 0 saturated heterocycles. The Hall–Kier alpha value is -2.02. The molecule has 0 bridgehead atoms. The molecule has 2 N–H and O–H groups in total. The van der Waals surface area contributed by atoms with Crippen LogP contribution in [-0.4, -0.2) is 10.1 Å². The molecule has 5 nitrogen and oxygen atoms in total. The summed E-state index contributed by atoms with van der Waals surface area (Å²) in [6.45, 7) is 1.87. The van der Waals surface area contributed by atoms with Crippen LogP contribution in [0, 0.1) is 11.6 Å². The molecular weight excluding hydrogens is 268 g/mol. The van der Waals surface area contributed by atoms with E-state index in [1.165, 1.54) is 0 Å². The van der Waals surface area contributed by atoms with Crippen LogP contribution in [-0.2, 0) is 19.6 Å². The van der Waals surface area contributed by atoms with E-state index in [9.17, 15) is 8.78 Å². The fraction of sp³-hybridized carbons (Fsp3) is 0.385. The minimum atomic E-state index is -0.803. The van der Waals surface area contributed by atoms with Crippen molar-refractivity contribution in [2.24, 2.45) is 5.73 Å². The second-order valence-electron chi connectivity index (χ2n) is 4.24. The molecule has 108 valence electrons. The van der Waals surface area contributed by atoms with E-state index in [0.717, 1.165) is 18.6 Å². The molecule has 1 heterocycles. The zero-order chi connectivity index (χ0) is 14.5. The van der Waals surface area contributed by atoms with E-state index in [1.807, 2.05) is 6.92 Å². The molecule has 0 aliphatic heterocycles. The highest BCUT2D eigenvalue weighted by atomic mass is 19.1. The van der Waals surface area contributed by atoms with Crippen LogP contribution in [0.2, 0.25) is 0 Å². The summed E-state index contributed by atoms with van der Waals surface area (Å²) >= 11 is 0. The maximum absolute atomic E-state index is 13.6. The first-order chi connectivity index (χ1) is 9.63. The maximum Gasteiger partial charge on any atom is 0.226 e. The predicted octanol–water partition coefficient (Wildman–Crippen LogP) is 2.34. The summed E-state index contributed by atoms with van der Waals surface area (Å²) in [5.41, 5.74) is 5.69. The number of rotatable bonds is 6. The second kappa shape index (κ2) is 6.42. The Morgan fingerprint density at radius 1 is 1.30 bits per heavy atom. The van der Waals surface area contributed by atoms with Crippen molar-refractivity contribution in [2.45, 2.75) is 32.9 Å². The van der Waals surface area contributed by atoms with Crippen LogP contribution in [0.25, 0.3) is 0 Å². The van der Waals surface area contributed by atoms with Crippen LogP contribution in [0.15, 0.2) is 16.7 Å². The van der Waals surface area contributed by atoms with E-state index in [4.69, 9.17) is 15.0 Å². The molecule has 0 radical (unpaired) electrons. The van der Waals surface area contributed by atoms with Crippen LogP contribution in [0.3, 0.4) is 0 Å². The Balaban J connectivity index is 2.06. The number of hydrogen-bond acceptors (Lipinski definition) is 5. The molecule has 2 aromatic rings. The molecular formula is C13H15F2N3O2. The van der Waals surface area contributed by atoms with Crippen molar-refractivity contribution in [1.29, 1.82) is 0 Å². The summed E-state index contributed by atoms with van der Waals surface area (Å²) < 4.78 is 37.3. The van der Waals surface area contributed by atoms with Crippen molar-refractivity contribution >= 4 is 0 Å². The average molecular weight is 283 g/mol. The van der Waals surface area contributed by atoms with Gasteiger partial charge >= 0.3 is 0 Å². The predicted molar refractivity (Wildman–Crippen MR) is 66.9 cm³/mol. The highest BCUT2D eigenvalue weighted by Crippen LogP contribution is 2.24. The SMILES string of the molecule is CCCc1nc(COc2c(F)cc(CN)cc2F)no1. The molecule has 2 rings (SSSR count). The van der Waals surface area contributed by atoms with Gasteiger partial charge in [-0.25, -0.2) is 8.78 Å². The Kier molecular flexibility index (Phi) is 4.62. The van der Waals surface area contributed by atoms with Crippen LogP contribution in [0.1, 0.15) is 30.6 Å². The summed E-state index contributed by atoms with van der Waals surface area (Å²) in [7, 11) is 0. The van der Waals surface area contributed by atoms with Gasteiger partial charge in [0.05, 0.1) is 0 Å².